The van der Waals surface area contributed by atoms with Crippen LogP contribution in [0.2, 0.25) is 0 Å². The van der Waals surface area contributed by atoms with E-state index in [1.807, 2.05) is 6.20 Å². The Hall–Kier alpha value is -1.92. The first-order valence-electron chi connectivity index (χ1n) is 9.94. The molecule has 0 saturated carbocycles. The highest BCUT2D eigenvalue weighted by Crippen LogP contribution is 2.14. The summed E-state index contributed by atoms with van der Waals surface area (Å²) >= 11 is 1.76. The minimum atomic E-state index is 0.671. The first-order valence-corrected chi connectivity index (χ1v) is 10.8. The molecule has 2 N–H and O–H groups in total. The topological polar surface area (TPSA) is 52.6 Å². The Balaban J connectivity index is 2.03. The van der Waals surface area contributed by atoms with Gasteiger partial charge in [0.05, 0.1) is 13.1 Å². The number of hydrogen-bond donors (Lipinski definition) is 2. The fourth-order valence-electron chi connectivity index (χ4n) is 2.81. The van der Waals surface area contributed by atoms with Crippen LogP contribution in [0.15, 0.2) is 35.5 Å². The molecule has 5 nitrogen and oxygen atoms in total. The fraction of sp³-hybridized carbons (Fsp3) is 0.524. The summed E-state index contributed by atoms with van der Waals surface area (Å²) in [6.07, 6.45) is 3.00. The van der Waals surface area contributed by atoms with Crippen molar-refractivity contribution in [2.45, 2.75) is 53.8 Å². The van der Waals surface area contributed by atoms with E-state index in [9.17, 15) is 0 Å². The zero-order valence-corrected chi connectivity index (χ0v) is 17.9. The molecule has 1 heterocycles. The number of nitrogens with one attached hydrogen (secondary N) is 2. The number of aliphatic imine (C=N–C) groups is 1. The Kier molecular flexibility index (Phi) is 9.28. The predicted octanol–water partition coefficient (Wildman–Crippen LogP) is 3.80. The zero-order valence-electron chi connectivity index (χ0n) is 17.1. The van der Waals surface area contributed by atoms with E-state index in [4.69, 9.17) is 4.99 Å². The number of benzene rings is 1. The molecule has 1 aromatic heterocycles. The molecule has 0 atom stereocenters. The highest BCUT2D eigenvalue weighted by Gasteiger charge is 2.07. The number of nitrogens with zero attached hydrogens (tertiary/aromatic N) is 3. The summed E-state index contributed by atoms with van der Waals surface area (Å²) in [7, 11) is 0. The largest absolute Gasteiger partial charge is 0.357 e. The summed E-state index contributed by atoms with van der Waals surface area (Å²) in [4.78, 5) is 13.0. The molecule has 0 aliphatic heterocycles. The number of thiazole rings is 1. The lowest BCUT2D eigenvalue weighted by Gasteiger charge is -2.20. The zero-order chi connectivity index (χ0) is 19.5. The molecule has 2 aromatic rings. The molecule has 0 radical (unpaired) electrons. The van der Waals surface area contributed by atoms with Crippen molar-refractivity contribution in [3.63, 3.8) is 0 Å². The molecule has 0 amide bonds. The predicted molar refractivity (Wildman–Crippen MR) is 116 cm³/mol. The molecule has 1 aromatic carbocycles. The Bertz CT molecular complexity index is 706. The monoisotopic (exact) mass is 387 g/mol. The molecule has 0 fully saturated rings. The van der Waals surface area contributed by atoms with Gasteiger partial charge in [-0.25, -0.2) is 9.98 Å². The minimum absolute atomic E-state index is 0.671. The molecular weight excluding hydrogens is 354 g/mol. The molecule has 6 heteroatoms. The average Bonchev–Trinajstić information content (AvgIpc) is 3.17. The van der Waals surface area contributed by atoms with Crippen molar-refractivity contribution in [3.8, 4) is 0 Å². The van der Waals surface area contributed by atoms with Crippen LogP contribution in [0.3, 0.4) is 0 Å². The molecule has 0 aliphatic carbocycles. The van der Waals surface area contributed by atoms with E-state index in [-0.39, 0.29) is 0 Å². The fourth-order valence-corrected chi connectivity index (χ4v) is 3.61. The second-order valence-corrected chi connectivity index (χ2v) is 7.55. The normalized spacial score (nSPS) is 11.8. The van der Waals surface area contributed by atoms with Crippen LogP contribution in [0.4, 0.5) is 0 Å². The van der Waals surface area contributed by atoms with Crippen molar-refractivity contribution < 1.29 is 0 Å². The number of guanidine groups is 1. The van der Waals surface area contributed by atoms with Crippen molar-refractivity contribution in [1.29, 1.82) is 0 Å². The first-order chi connectivity index (χ1) is 13.2. The third-order valence-corrected chi connectivity index (χ3v) is 5.66. The first kappa shape index (κ1) is 21.4. The van der Waals surface area contributed by atoms with Crippen LogP contribution in [0, 0.1) is 0 Å². The van der Waals surface area contributed by atoms with Crippen molar-refractivity contribution in [2.24, 2.45) is 4.99 Å². The number of aromatic nitrogens is 1. The summed E-state index contributed by atoms with van der Waals surface area (Å²) < 4.78 is 0. The Labute approximate surface area is 167 Å². The van der Waals surface area contributed by atoms with Gasteiger partial charge in [0.1, 0.15) is 5.01 Å². The summed E-state index contributed by atoms with van der Waals surface area (Å²) in [6, 6.07) is 8.60. The summed E-state index contributed by atoms with van der Waals surface area (Å²) in [6.45, 7) is 14.0. The quantitative estimate of drug-likeness (QED) is 0.481. The van der Waals surface area contributed by atoms with Gasteiger partial charge < -0.3 is 10.6 Å². The van der Waals surface area contributed by atoms with Crippen LogP contribution in [0.1, 0.15) is 48.7 Å². The van der Waals surface area contributed by atoms with Gasteiger partial charge >= 0.3 is 0 Å². The van der Waals surface area contributed by atoms with Gasteiger partial charge in [0.2, 0.25) is 0 Å². The second-order valence-electron chi connectivity index (χ2n) is 6.35. The lowest BCUT2D eigenvalue weighted by molar-refractivity contribution is 0.295. The van der Waals surface area contributed by atoms with Gasteiger partial charge in [-0.2, -0.15) is 0 Å². The maximum Gasteiger partial charge on any atom is 0.191 e. The van der Waals surface area contributed by atoms with Crippen LogP contribution >= 0.6 is 11.3 Å². The third kappa shape index (κ3) is 6.96. The maximum atomic E-state index is 4.80. The van der Waals surface area contributed by atoms with Crippen LogP contribution < -0.4 is 10.6 Å². The van der Waals surface area contributed by atoms with E-state index in [1.54, 1.807) is 11.3 Å². The Morgan fingerprint density at radius 3 is 2.44 bits per heavy atom. The van der Waals surface area contributed by atoms with Crippen LogP contribution in [-0.4, -0.2) is 35.5 Å². The van der Waals surface area contributed by atoms with Gasteiger partial charge in [0.25, 0.3) is 0 Å². The Morgan fingerprint density at radius 2 is 1.81 bits per heavy atom. The van der Waals surface area contributed by atoms with E-state index < -0.39 is 0 Å². The molecule has 0 bridgehead atoms. The Morgan fingerprint density at radius 1 is 1.07 bits per heavy atom. The molecule has 0 saturated heterocycles. The molecule has 27 heavy (non-hydrogen) atoms. The average molecular weight is 388 g/mol. The lowest BCUT2D eigenvalue weighted by atomic mass is 10.1. The van der Waals surface area contributed by atoms with Crippen LogP contribution in [0.5, 0.6) is 0 Å². The molecule has 0 spiro atoms. The summed E-state index contributed by atoms with van der Waals surface area (Å²) in [5.74, 6) is 0.836. The molecular formula is C21H33N5S. The molecule has 148 valence electrons. The van der Waals surface area contributed by atoms with E-state index in [1.165, 1.54) is 16.0 Å². The molecule has 0 aliphatic rings. The van der Waals surface area contributed by atoms with Crippen LogP contribution in [-0.2, 0) is 26.1 Å². The lowest BCUT2D eigenvalue weighted by Crippen LogP contribution is -2.36. The summed E-state index contributed by atoms with van der Waals surface area (Å²) in [5, 5.41) is 7.83. The van der Waals surface area contributed by atoms with Gasteiger partial charge in [0.15, 0.2) is 5.96 Å². The standard InChI is InChI=1S/C21H33N5S/c1-5-19-14-23-20(27-19)15-25-21(22-6-2)24-13-17-11-9-10-12-18(17)16-26(7-3)8-4/h9-12,14H,5-8,13,15-16H2,1-4H3,(H2,22,24,25). The van der Waals surface area contributed by atoms with Crippen molar-refractivity contribution in [3.05, 3.63) is 51.5 Å². The maximum absolute atomic E-state index is 4.80. The van der Waals surface area contributed by atoms with Crippen LogP contribution in [0.25, 0.3) is 0 Å². The molecule has 0 unspecified atom stereocenters. The SMILES string of the molecule is CCNC(=NCc1ccccc1CN(CC)CC)NCc1ncc(CC)s1. The van der Waals surface area contributed by atoms with Gasteiger partial charge in [-0.3, -0.25) is 4.90 Å². The number of rotatable bonds is 10. The minimum Gasteiger partial charge on any atom is -0.357 e. The third-order valence-electron chi connectivity index (χ3n) is 4.52. The van der Waals surface area contributed by atoms with Crippen molar-refractivity contribution in [1.82, 2.24) is 20.5 Å². The summed E-state index contributed by atoms with van der Waals surface area (Å²) in [5.41, 5.74) is 2.64. The van der Waals surface area contributed by atoms with Gasteiger partial charge in [-0.15, -0.1) is 11.3 Å². The molecule has 2 rings (SSSR count). The van der Waals surface area contributed by atoms with Crippen molar-refractivity contribution in [2.75, 3.05) is 19.6 Å². The highest BCUT2D eigenvalue weighted by atomic mass is 32.1. The van der Waals surface area contributed by atoms with E-state index in [2.05, 4.69) is 72.5 Å². The van der Waals surface area contributed by atoms with E-state index in [0.29, 0.717) is 13.1 Å². The van der Waals surface area contributed by atoms with Gasteiger partial charge in [0, 0.05) is 24.2 Å². The van der Waals surface area contributed by atoms with Gasteiger partial charge in [-0.1, -0.05) is 45.0 Å². The highest BCUT2D eigenvalue weighted by molar-refractivity contribution is 7.11. The van der Waals surface area contributed by atoms with Crippen molar-refractivity contribution >= 4 is 17.3 Å². The van der Waals surface area contributed by atoms with E-state index >= 15 is 0 Å². The number of hydrogen-bond acceptors (Lipinski definition) is 4. The van der Waals surface area contributed by atoms with E-state index in [0.717, 1.165) is 43.6 Å². The number of aryl methyl sites for hydroxylation is 1. The smallest absolute Gasteiger partial charge is 0.191 e. The second kappa shape index (κ2) is 11.7. The van der Waals surface area contributed by atoms with Gasteiger partial charge in [-0.05, 0) is 37.6 Å².